The van der Waals surface area contributed by atoms with Gasteiger partial charge in [-0.3, -0.25) is 8.74 Å². The maximum Gasteiger partial charge on any atom is 0.302 e. The summed E-state index contributed by atoms with van der Waals surface area (Å²) in [6.45, 7) is 2.12. The predicted octanol–water partition coefficient (Wildman–Crippen LogP) is -0.123. The third-order valence-corrected chi connectivity index (χ3v) is 1.37. The van der Waals surface area contributed by atoms with Crippen LogP contribution in [0.25, 0.3) is 0 Å². The van der Waals surface area contributed by atoms with Crippen LogP contribution in [0.3, 0.4) is 0 Å². The van der Waals surface area contributed by atoms with Crippen molar-refractivity contribution in [1.82, 2.24) is 0 Å². The lowest BCUT2D eigenvalue weighted by atomic mass is 10.3. The van der Waals surface area contributed by atoms with Crippen molar-refractivity contribution < 1.29 is 12.9 Å². The van der Waals surface area contributed by atoms with Crippen molar-refractivity contribution in [2.75, 3.05) is 6.54 Å². The van der Waals surface area contributed by atoms with E-state index in [0.29, 0.717) is 6.42 Å². The Kier molecular flexibility index (Phi) is 4.88. The van der Waals surface area contributed by atoms with Crippen LogP contribution in [0.5, 0.6) is 0 Å². The lowest BCUT2D eigenvalue weighted by Crippen LogP contribution is -2.23. The normalized spacial score (nSPS) is 17.2. The molecule has 0 aromatic carbocycles. The van der Waals surface area contributed by atoms with Gasteiger partial charge in [0.1, 0.15) is 0 Å². The van der Waals surface area contributed by atoms with E-state index in [1.807, 2.05) is 6.92 Å². The Morgan fingerprint density at radius 1 is 1.89 bits per heavy atom. The first-order chi connectivity index (χ1) is 4.20. The van der Waals surface area contributed by atoms with Crippen LogP contribution in [0.1, 0.15) is 13.3 Å². The molecule has 0 aliphatic carbocycles. The SMILES string of the molecule is CCC(CN)OS(=O)O. The molecule has 0 aliphatic rings. The molecule has 56 valence electrons. The van der Waals surface area contributed by atoms with Gasteiger partial charge in [-0.25, -0.2) is 0 Å². The second-order valence-corrected chi connectivity index (χ2v) is 2.21. The molecule has 4 nitrogen and oxygen atoms in total. The number of rotatable bonds is 4. The molecule has 0 spiro atoms. The van der Waals surface area contributed by atoms with E-state index in [1.54, 1.807) is 0 Å². The summed E-state index contributed by atoms with van der Waals surface area (Å²) >= 11 is -2.18. The van der Waals surface area contributed by atoms with Crippen molar-refractivity contribution in [3.63, 3.8) is 0 Å². The fourth-order valence-corrected chi connectivity index (χ4v) is 0.838. The van der Waals surface area contributed by atoms with Gasteiger partial charge in [0.25, 0.3) is 0 Å². The summed E-state index contributed by atoms with van der Waals surface area (Å²) in [5.41, 5.74) is 5.16. The van der Waals surface area contributed by atoms with E-state index in [9.17, 15) is 4.21 Å². The van der Waals surface area contributed by atoms with Crippen molar-refractivity contribution >= 4 is 11.4 Å². The first-order valence-corrected chi connectivity index (χ1v) is 3.72. The zero-order chi connectivity index (χ0) is 7.28. The number of nitrogens with two attached hydrogens (primary N) is 1. The third kappa shape index (κ3) is 4.53. The highest BCUT2D eigenvalue weighted by Crippen LogP contribution is 1.95. The summed E-state index contributed by atoms with van der Waals surface area (Å²) in [6.07, 6.45) is 0.360. The first-order valence-electron chi connectivity index (χ1n) is 2.68. The van der Waals surface area contributed by atoms with E-state index in [0.717, 1.165) is 0 Å². The van der Waals surface area contributed by atoms with Crippen LogP contribution in [0.4, 0.5) is 0 Å². The molecule has 0 radical (unpaired) electrons. The van der Waals surface area contributed by atoms with Gasteiger partial charge in [0.05, 0.1) is 6.10 Å². The highest BCUT2D eigenvalue weighted by molar-refractivity contribution is 7.74. The Morgan fingerprint density at radius 3 is 2.56 bits per heavy atom. The van der Waals surface area contributed by atoms with E-state index < -0.39 is 11.4 Å². The molecule has 0 amide bonds. The maximum absolute atomic E-state index is 9.96. The molecular formula is C4H11NO3S. The Balaban J connectivity index is 3.43. The zero-order valence-electron chi connectivity index (χ0n) is 5.24. The average molecular weight is 153 g/mol. The van der Waals surface area contributed by atoms with Gasteiger partial charge >= 0.3 is 11.4 Å². The molecular weight excluding hydrogens is 142 g/mol. The topological polar surface area (TPSA) is 72.5 Å². The molecule has 3 N–H and O–H groups in total. The molecule has 9 heavy (non-hydrogen) atoms. The molecule has 0 saturated heterocycles. The minimum Gasteiger partial charge on any atom is -0.328 e. The van der Waals surface area contributed by atoms with Crippen LogP contribution < -0.4 is 5.73 Å². The number of hydrogen-bond acceptors (Lipinski definition) is 3. The van der Waals surface area contributed by atoms with Crippen LogP contribution in [-0.4, -0.2) is 21.4 Å². The first kappa shape index (κ1) is 9.03. The van der Waals surface area contributed by atoms with E-state index in [-0.39, 0.29) is 12.6 Å². The van der Waals surface area contributed by atoms with Crippen molar-refractivity contribution in [3.05, 3.63) is 0 Å². The molecule has 0 heterocycles. The minimum absolute atomic E-state index is 0.281. The monoisotopic (exact) mass is 153 g/mol. The van der Waals surface area contributed by atoms with Gasteiger partial charge in [-0.15, -0.1) is 0 Å². The summed E-state index contributed by atoms with van der Waals surface area (Å²) in [5.74, 6) is 0. The molecule has 2 atom stereocenters. The molecule has 0 rings (SSSR count). The molecule has 0 fully saturated rings. The largest absolute Gasteiger partial charge is 0.328 e. The van der Waals surface area contributed by atoms with Gasteiger partial charge in [0, 0.05) is 6.54 Å². The van der Waals surface area contributed by atoms with Gasteiger partial charge in [-0.05, 0) is 6.42 Å². The smallest absolute Gasteiger partial charge is 0.302 e. The summed E-state index contributed by atoms with van der Waals surface area (Å²) in [5, 5.41) is 0. The van der Waals surface area contributed by atoms with Crippen molar-refractivity contribution in [2.45, 2.75) is 19.4 Å². The van der Waals surface area contributed by atoms with Crippen molar-refractivity contribution in [2.24, 2.45) is 5.73 Å². The van der Waals surface area contributed by atoms with Gasteiger partial charge in [0.2, 0.25) is 0 Å². The van der Waals surface area contributed by atoms with Crippen LogP contribution in [-0.2, 0) is 15.5 Å². The van der Waals surface area contributed by atoms with Crippen molar-refractivity contribution in [3.8, 4) is 0 Å². The Hall–Kier alpha value is 0.0300. The van der Waals surface area contributed by atoms with Crippen LogP contribution >= 0.6 is 0 Å². The fraction of sp³-hybridized carbons (Fsp3) is 1.00. The standard InChI is InChI=1S/C4H11NO3S/c1-2-4(3-5)8-9(6)7/h4H,2-3,5H2,1H3,(H,6,7). The van der Waals surface area contributed by atoms with E-state index in [1.165, 1.54) is 0 Å². The van der Waals surface area contributed by atoms with Crippen LogP contribution in [0, 0.1) is 0 Å². The Morgan fingerprint density at radius 2 is 2.44 bits per heavy atom. The predicted molar refractivity (Wildman–Crippen MR) is 35.0 cm³/mol. The fourth-order valence-electron chi connectivity index (χ4n) is 0.390. The second kappa shape index (κ2) is 4.87. The molecule has 5 heteroatoms. The van der Waals surface area contributed by atoms with Crippen molar-refractivity contribution in [1.29, 1.82) is 0 Å². The van der Waals surface area contributed by atoms with Crippen LogP contribution in [0.15, 0.2) is 0 Å². The highest BCUT2D eigenvalue weighted by atomic mass is 32.2. The van der Waals surface area contributed by atoms with Crippen LogP contribution in [0.2, 0.25) is 0 Å². The van der Waals surface area contributed by atoms with Gasteiger partial charge in [0.15, 0.2) is 0 Å². The molecule has 0 aromatic heterocycles. The molecule has 0 saturated carbocycles. The van der Waals surface area contributed by atoms with E-state index >= 15 is 0 Å². The molecule has 0 aromatic rings. The second-order valence-electron chi connectivity index (χ2n) is 1.58. The Bertz CT molecular complexity index is 93.8. The highest BCUT2D eigenvalue weighted by Gasteiger charge is 2.05. The quantitative estimate of drug-likeness (QED) is 0.552. The molecule has 0 bridgehead atoms. The van der Waals surface area contributed by atoms with Gasteiger partial charge in [-0.1, -0.05) is 6.92 Å². The zero-order valence-corrected chi connectivity index (χ0v) is 6.06. The Labute approximate surface area is 56.9 Å². The third-order valence-electron chi connectivity index (χ3n) is 0.937. The molecule has 2 unspecified atom stereocenters. The maximum atomic E-state index is 9.96. The summed E-state index contributed by atoms with van der Waals surface area (Å²) in [4.78, 5) is 0. The average Bonchev–Trinajstić information content (AvgIpc) is 1.82. The summed E-state index contributed by atoms with van der Waals surface area (Å²) in [6, 6.07) is 0. The lowest BCUT2D eigenvalue weighted by molar-refractivity contribution is 0.207. The molecule has 0 aliphatic heterocycles. The van der Waals surface area contributed by atoms with E-state index in [4.69, 9.17) is 10.3 Å². The summed E-state index contributed by atoms with van der Waals surface area (Å²) in [7, 11) is 0. The summed E-state index contributed by atoms with van der Waals surface area (Å²) < 4.78 is 22.6. The van der Waals surface area contributed by atoms with Gasteiger partial charge < -0.3 is 5.73 Å². The number of hydrogen-bond donors (Lipinski definition) is 2. The lowest BCUT2D eigenvalue weighted by Gasteiger charge is -2.07. The van der Waals surface area contributed by atoms with E-state index in [2.05, 4.69) is 4.18 Å². The minimum atomic E-state index is -2.18. The van der Waals surface area contributed by atoms with Gasteiger partial charge in [-0.2, -0.15) is 4.21 Å².